The molecule has 0 saturated carbocycles. The van der Waals surface area contributed by atoms with E-state index in [4.69, 9.17) is 5.11 Å². The van der Waals surface area contributed by atoms with E-state index >= 15 is 0 Å². The highest BCUT2D eigenvalue weighted by Gasteiger charge is 2.26. The quantitative estimate of drug-likeness (QED) is 0.845. The predicted octanol–water partition coefficient (Wildman–Crippen LogP) is 2.71. The number of hydrogen-bond acceptors (Lipinski definition) is 2. The normalized spacial score (nSPS) is 20.4. The molecule has 0 saturated heterocycles. The van der Waals surface area contributed by atoms with E-state index in [0.717, 1.165) is 18.7 Å². The highest BCUT2D eigenvalue weighted by atomic mass is 16.3. The molecule has 2 heteroatoms. The van der Waals surface area contributed by atoms with Gasteiger partial charge >= 0.3 is 0 Å². The van der Waals surface area contributed by atoms with Gasteiger partial charge in [0.2, 0.25) is 0 Å². The van der Waals surface area contributed by atoms with E-state index in [-0.39, 0.29) is 6.61 Å². The molecule has 1 aliphatic heterocycles. The summed E-state index contributed by atoms with van der Waals surface area (Å²) in [4.78, 5) is 2.51. The van der Waals surface area contributed by atoms with Gasteiger partial charge in [-0.05, 0) is 29.5 Å². The summed E-state index contributed by atoms with van der Waals surface area (Å²) in [5.41, 5.74) is 3.84. The van der Waals surface area contributed by atoms with Crippen molar-refractivity contribution < 1.29 is 5.11 Å². The zero-order chi connectivity index (χ0) is 11.7. The molecule has 1 unspecified atom stereocenters. The van der Waals surface area contributed by atoms with Crippen LogP contribution in [0.5, 0.6) is 0 Å². The van der Waals surface area contributed by atoms with Crippen molar-refractivity contribution in [1.29, 1.82) is 0 Å². The van der Waals surface area contributed by atoms with E-state index in [9.17, 15) is 0 Å². The summed E-state index contributed by atoms with van der Waals surface area (Å²) in [6.07, 6.45) is 0. The summed E-state index contributed by atoms with van der Waals surface area (Å²) in [5.74, 6) is 0.703. The van der Waals surface area contributed by atoms with E-state index in [1.807, 2.05) is 6.07 Å². The summed E-state index contributed by atoms with van der Waals surface area (Å²) in [7, 11) is 0. The van der Waals surface area contributed by atoms with Crippen LogP contribution >= 0.6 is 0 Å². The minimum Gasteiger partial charge on any atom is -0.392 e. The van der Waals surface area contributed by atoms with Gasteiger partial charge in [-0.2, -0.15) is 0 Å². The van der Waals surface area contributed by atoms with Gasteiger partial charge in [0, 0.05) is 19.1 Å². The van der Waals surface area contributed by atoms with Crippen LogP contribution in [-0.2, 0) is 13.2 Å². The number of aliphatic hydroxyl groups is 1. The first-order valence-electron chi connectivity index (χ1n) is 6.08. The van der Waals surface area contributed by atoms with Crippen LogP contribution in [-0.4, -0.2) is 16.6 Å². The number of rotatable bonds is 3. The molecule has 1 aromatic carbocycles. The largest absolute Gasteiger partial charge is 0.392 e. The summed E-state index contributed by atoms with van der Waals surface area (Å²) in [5, 5.41) is 9.15. The van der Waals surface area contributed by atoms with Crippen LogP contribution < -0.4 is 0 Å². The molecule has 0 aliphatic carbocycles. The van der Waals surface area contributed by atoms with Gasteiger partial charge in [-0.25, -0.2) is 0 Å². The van der Waals surface area contributed by atoms with Gasteiger partial charge in [0.1, 0.15) is 0 Å². The minimum atomic E-state index is 0.143. The summed E-state index contributed by atoms with van der Waals surface area (Å²) in [6, 6.07) is 6.84. The molecule has 0 aromatic heterocycles. The van der Waals surface area contributed by atoms with Crippen molar-refractivity contribution in [3.8, 4) is 0 Å². The maximum atomic E-state index is 9.15. The van der Waals surface area contributed by atoms with E-state index in [1.165, 1.54) is 11.1 Å². The zero-order valence-corrected chi connectivity index (χ0v) is 10.4. The van der Waals surface area contributed by atoms with Gasteiger partial charge in [0.05, 0.1) is 6.61 Å². The Morgan fingerprint density at radius 2 is 2.19 bits per heavy atom. The van der Waals surface area contributed by atoms with E-state index < -0.39 is 0 Å². The van der Waals surface area contributed by atoms with E-state index in [1.54, 1.807) is 0 Å². The van der Waals surface area contributed by atoms with Gasteiger partial charge in [-0.3, -0.25) is 4.90 Å². The van der Waals surface area contributed by atoms with Crippen molar-refractivity contribution in [3.05, 3.63) is 34.9 Å². The summed E-state index contributed by atoms with van der Waals surface area (Å²) >= 11 is 0. The Balaban J connectivity index is 2.21. The van der Waals surface area contributed by atoms with Gasteiger partial charge in [-0.15, -0.1) is 0 Å². The Labute approximate surface area is 97.9 Å². The third-order valence-corrected chi connectivity index (χ3v) is 3.36. The average Bonchev–Trinajstić information content (AvgIpc) is 2.55. The highest BCUT2D eigenvalue weighted by molar-refractivity contribution is 5.37. The van der Waals surface area contributed by atoms with Crippen LogP contribution in [0.4, 0.5) is 0 Å². The second kappa shape index (κ2) is 4.56. The molecule has 0 radical (unpaired) electrons. The van der Waals surface area contributed by atoms with Crippen LogP contribution in [0.2, 0.25) is 0 Å². The minimum absolute atomic E-state index is 0.143. The molecular weight excluding hydrogens is 198 g/mol. The Bertz CT molecular complexity index is 373. The van der Waals surface area contributed by atoms with Crippen LogP contribution in [0.3, 0.4) is 0 Å². The number of nitrogens with zero attached hydrogens (tertiary/aromatic N) is 1. The van der Waals surface area contributed by atoms with Crippen LogP contribution in [0.1, 0.15) is 43.5 Å². The van der Waals surface area contributed by atoms with Crippen molar-refractivity contribution >= 4 is 0 Å². The predicted molar refractivity (Wildman–Crippen MR) is 66.0 cm³/mol. The Hall–Kier alpha value is -0.860. The van der Waals surface area contributed by atoms with E-state index in [0.29, 0.717) is 12.0 Å². The van der Waals surface area contributed by atoms with Gasteiger partial charge in [0.25, 0.3) is 0 Å². The van der Waals surface area contributed by atoms with Gasteiger partial charge < -0.3 is 5.11 Å². The molecule has 1 aliphatic rings. The SMILES string of the molecule is CC(C)CN1Cc2ccc(CO)cc2C1C. The molecule has 88 valence electrons. The molecule has 0 fully saturated rings. The van der Waals surface area contributed by atoms with Crippen molar-refractivity contribution in [2.75, 3.05) is 6.54 Å². The molecule has 1 atom stereocenters. The molecule has 16 heavy (non-hydrogen) atoms. The van der Waals surface area contributed by atoms with Gasteiger partial charge in [-0.1, -0.05) is 32.0 Å². The van der Waals surface area contributed by atoms with Crippen molar-refractivity contribution in [1.82, 2.24) is 4.90 Å². The molecule has 1 aromatic rings. The molecule has 1 N–H and O–H groups in total. The van der Waals surface area contributed by atoms with Crippen molar-refractivity contribution in [2.24, 2.45) is 5.92 Å². The lowest BCUT2D eigenvalue weighted by molar-refractivity contribution is 0.203. The first-order valence-corrected chi connectivity index (χ1v) is 6.08. The molecule has 2 rings (SSSR count). The first-order chi connectivity index (χ1) is 7.61. The summed E-state index contributed by atoms with van der Waals surface area (Å²) < 4.78 is 0. The van der Waals surface area contributed by atoms with Crippen LogP contribution in [0.25, 0.3) is 0 Å². The Kier molecular flexibility index (Phi) is 3.31. The average molecular weight is 219 g/mol. The van der Waals surface area contributed by atoms with E-state index in [2.05, 4.69) is 37.8 Å². The smallest absolute Gasteiger partial charge is 0.0681 e. The number of fused-ring (bicyclic) bond motifs is 1. The fraction of sp³-hybridized carbons (Fsp3) is 0.571. The molecule has 0 spiro atoms. The highest BCUT2D eigenvalue weighted by Crippen LogP contribution is 2.34. The number of hydrogen-bond donors (Lipinski definition) is 1. The van der Waals surface area contributed by atoms with Gasteiger partial charge in [0.15, 0.2) is 0 Å². The van der Waals surface area contributed by atoms with Crippen LogP contribution in [0.15, 0.2) is 18.2 Å². The monoisotopic (exact) mass is 219 g/mol. The third kappa shape index (κ3) is 2.13. The second-order valence-corrected chi connectivity index (χ2v) is 5.19. The topological polar surface area (TPSA) is 23.5 Å². The lowest BCUT2D eigenvalue weighted by atomic mass is 10.0. The fourth-order valence-corrected chi connectivity index (χ4v) is 2.52. The Morgan fingerprint density at radius 1 is 1.44 bits per heavy atom. The molecule has 2 nitrogen and oxygen atoms in total. The summed E-state index contributed by atoms with van der Waals surface area (Å²) in [6.45, 7) is 9.12. The third-order valence-electron chi connectivity index (χ3n) is 3.36. The second-order valence-electron chi connectivity index (χ2n) is 5.19. The van der Waals surface area contributed by atoms with Crippen molar-refractivity contribution in [3.63, 3.8) is 0 Å². The maximum Gasteiger partial charge on any atom is 0.0681 e. The van der Waals surface area contributed by atoms with Crippen LogP contribution in [0, 0.1) is 5.92 Å². The molecular formula is C14H21NO. The standard InChI is InChI=1S/C14H21NO/c1-10(2)7-15-8-13-5-4-12(9-16)6-14(13)11(15)3/h4-6,10-11,16H,7-9H2,1-3H3. The zero-order valence-electron chi connectivity index (χ0n) is 10.4. The van der Waals surface area contributed by atoms with Crippen molar-refractivity contribution in [2.45, 2.75) is 40.0 Å². The fourth-order valence-electron chi connectivity index (χ4n) is 2.52. The lowest BCUT2D eigenvalue weighted by Gasteiger charge is -2.23. The Morgan fingerprint density at radius 3 is 2.81 bits per heavy atom. The molecule has 1 heterocycles. The number of aliphatic hydroxyl groups excluding tert-OH is 1. The molecule has 0 bridgehead atoms. The maximum absolute atomic E-state index is 9.15. The lowest BCUT2D eigenvalue weighted by Crippen LogP contribution is -2.24. The molecule has 0 amide bonds. The number of benzene rings is 1. The first kappa shape index (κ1) is 11.6.